The van der Waals surface area contributed by atoms with Gasteiger partial charge in [-0.3, -0.25) is 4.79 Å². The van der Waals surface area contributed by atoms with E-state index < -0.39 is 0 Å². The molecule has 1 amide bonds. The molecule has 1 saturated heterocycles. The summed E-state index contributed by atoms with van der Waals surface area (Å²) in [5.74, 6) is 0.919. The van der Waals surface area contributed by atoms with Crippen LogP contribution in [0.2, 0.25) is 0 Å². The van der Waals surface area contributed by atoms with Crippen LogP contribution in [-0.2, 0) is 10.3 Å². The molecule has 1 aliphatic carbocycles. The van der Waals surface area contributed by atoms with Gasteiger partial charge in [0, 0.05) is 6.42 Å². The van der Waals surface area contributed by atoms with Crippen molar-refractivity contribution in [3.05, 3.63) is 35.9 Å². The van der Waals surface area contributed by atoms with E-state index in [-0.39, 0.29) is 23.9 Å². The average Bonchev–Trinajstić information content (AvgIpc) is 3.08. The number of benzene rings is 1. The highest BCUT2D eigenvalue weighted by Gasteiger charge is 2.35. The van der Waals surface area contributed by atoms with Crippen molar-refractivity contribution < 1.29 is 4.79 Å². The minimum absolute atomic E-state index is 0. The van der Waals surface area contributed by atoms with E-state index in [2.05, 4.69) is 41.0 Å². The Morgan fingerprint density at radius 1 is 1.17 bits per heavy atom. The van der Waals surface area contributed by atoms with E-state index in [1.165, 1.54) is 31.2 Å². The molecule has 1 aliphatic heterocycles. The Morgan fingerprint density at radius 3 is 2.57 bits per heavy atom. The number of hydrogen-bond donors (Lipinski definition) is 2. The summed E-state index contributed by atoms with van der Waals surface area (Å²) in [7, 11) is 0. The van der Waals surface area contributed by atoms with Gasteiger partial charge in [0.05, 0.1) is 5.54 Å². The van der Waals surface area contributed by atoms with Gasteiger partial charge >= 0.3 is 0 Å². The highest BCUT2D eigenvalue weighted by molar-refractivity contribution is 5.85. The van der Waals surface area contributed by atoms with E-state index in [9.17, 15) is 4.79 Å². The molecular formula is C19H29ClN2O. The van der Waals surface area contributed by atoms with Crippen LogP contribution in [-0.4, -0.2) is 19.0 Å². The van der Waals surface area contributed by atoms with Crippen molar-refractivity contribution in [2.45, 2.75) is 56.9 Å². The number of rotatable bonds is 5. The molecule has 0 bridgehead atoms. The van der Waals surface area contributed by atoms with Gasteiger partial charge in [-0.15, -0.1) is 12.4 Å². The van der Waals surface area contributed by atoms with Crippen molar-refractivity contribution in [2.24, 2.45) is 5.92 Å². The summed E-state index contributed by atoms with van der Waals surface area (Å²) in [5, 5.41) is 6.79. The third kappa shape index (κ3) is 4.71. The van der Waals surface area contributed by atoms with Gasteiger partial charge in [0.25, 0.3) is 0 Å². The quantitative estimate of drug-likeness (QED) is 0.859. The van der Waals surface area contributed by atoms with Crippen molar-refractivity contribution in [3.8, 4) is 0 Å². The Hall–Kier alpha value is -1.06. The lowest BCUT2D eigenvalue weighted by Crippen LogP contribution is -2.47. The molecule has 0 spiro atoms. The van der Waals surface area contributed by atoms with Gasteiger partial charge in [-0.2, -0.15) is 0 Å². The normalized spacial score (nSPS) is 23.0. The molecular weight excluding hydrogens is 308 g/mol. The van der Waals surface area contributed by atoms with Crippen LogP contribution in [0.15, 0.2) is 30.3 Å². The van der Waals surface area contributed by atoms with Crippen molar-refractivity contribution in [1.29, 1.82) is 0 Å². The van der Waals surface area contributed by atoms with Gasteiger partial charge in [-0.25, -0.2) is 0 Å². The number of carbonyl (C=O) groups excluding carboxylic acids is 1. The predicted octanol–water partition coefficient (Wildman–Crippen LogP) is 3.77. The van der Waals surface area contributed by atoms with Crippen molar-refractivity contribution in [3.63, 3.8) is 0 Å². The molecule has 3 rings (SSSR count). The van der Waals surface area contributed by atoms with E-state index in [1.54, 1.807) is 0 Å². The molecule has 128 valence electrons. The number of amides is 1. The minimum Gasteiger partial charge on any atom is -0.347 e. The molecule has 1 aromatic carbocycles. The smallest absolute Gasteiger partial charge is 0.220 e. The summed E-state index contributed by atoms with van der Waals surface area (Å²) in [6.07, 6.45) is 8.77. The maximum Gasteiger partial charge on any atom is 0.220 e. The molecule has 4 heteroatoms. The molecule has 1 aromatic rings. The maximum absolute atomic E-state index is 12.5. The van der Waals surface area contributed by atoms with E-state index in [0.29, 0.717) is 12.3 Å². The SMILES string of the molecule is Cl.O=C(CCC1CCNC1)NC1(c2ccccc2)CCCCC1. The van der Waals surface area contributed by atoms with Crippen LogP contribution in [0.3, 0.4) is 0 Å². The molecule has 1 atom stereocenters. The topological polar surface area (TPSA) is 41.1 Å². The average molecular weight is 337 g/mol. The standard InChI is InChI=1S/C19H28N2O.ClH/c22-18(10-9-16-11-14-20-15-16)21-19(12-5-2-6-13-19)17-7-3-1-4-8-17;/h1,3-4,7-8,16,20H,2,5-6,9-15H2,(H,21,22);1H. The molecule has 0 aromatic heterocycles. The first-order valence-electron chi connectivity index (χ1n) is 8.86. The highest BCUT2D eigenvalue weighted by atomic mass is 35.5. The van der Waals surface area contributed by atoms with Crippen LogP contribution in [0.1, 0.15) is 56.9 Å². The number of halogens is 1. The molecule has 0 radical (unpaired) electrons. The summed E-state index contributed by atoms with van der Waals surface area (Å²) >= 11 is 0. The predicted molar refractivity (Wildman–Crippen MR) is 96.8 cm³/mol. The lowest BCUT2D eigenvalue weighted by Gasteiger charge is -2.39. The van der Waals surface area contributed by atoms with Crippen LogP contribution in [0.25, 0.3) is 0 Å². The second-order valence-electron chi connectivity index (χ2n) is 6.95. The molecule has 2 fully saturated rings. The van der Waals surface area contributed by atoms with Crippen LogP contribution < -0.4 is 10.6 Å². The van der Waals surface area contributed by atoms with Gasteiger partial charge in [-0.05, 0) is 50.3 Å². The van der Waals surface area contributed by atoms with Crippen LogP contribution in [0.5, 0.6) is 0 Å². The first-order valence-corrected chi connectivity index (χ1v) is 8.86. The first-order chi connectivity index (χ1) is 10.8. The first kappa shape index (κ1) is 18.3. The van der Waals surface area contributed by atoms with Gasteiger partial charge in [0.2, 0.25) is 5.91 Å². The van der Waals surface area contributed by atoms with Crippen LogP contribution in [0, 0.1) is 5.92 Å². The molecule has 1 heterocycles. The van der Waals surface area contributed by atoms with Crippen molar-refractivity contribution in [1.82, 2.24) is 10.6 Å². The molecule has 1 unspecified atom stereocenters. The van der Waals surface area contributed by atoms with E-state index >= 15 is 0 Å². The number of carbonyl (C=O) groups is 1. The van der Waals surface area contributed by atoms with Gasteiger partial charge in [0.1, 0.15) is 0 Å². The van der Waals surface area contributed by atoms with Gasteiger partial charge in [-0.1, -0.05) is 49.6 Å². The molecule has 1 saturated carbocycles. The number of nitrogens with one attached hydrogen (secondary N) is 2. The zero-order valence-electron chi connectivity index (χ0n) is 13.9. The highest BCUT2D eigenvalue weighted by Crippen LogP contribution is 2.37. The van der Waals surface area contributed by atoms with Gasteiger partial charge in [0.15, 0.2) is 0 Å². The third-order valence-electron chi connectivity index (χ3n) is 5.35. The Labute approximate surface area is 146 Å². The fourth-order valence-electron chi connectivity index (χ4n) is 4.02. The molecule has 3 nitrogen and oxygen atoms in total. The number of hydrogen-bond acceptors (Lipinski definition) is 2. The summed E-state index contributed by atoms with van der Waals surface area (Å²) in [4.78, 5) is 12.5. The Balaban J connectivity index is 0.00000192. The van der Waals surface area contributed by atoms with Gasteiger partial charge < -0.3 is 10.6 Å². The Kier molecular flexibility index (Phi) is 6.91. The summed E-state index contributed by atoms with van der Waals surface area (Å²) < 4.78 is 0. The van der Waals surface area contributed by atoms with Crippen molar-refractivity contribution in [2.75, 3.05) is 13.1 Å². The summed E-state index contributed by atoms with van der Waals surface area (Å²) in [6.45, 7) is 2.19. The summed E-state index contributed by atoms with van der Waals surface area (Å²) in [6, 6.07) is 10.6. The van der Waals surface area contributed by atoms with E-state index in [1.807, 2.05) is 0 Å². The van der Waals surface area contributed by atoms with Crippen molar-refractivity contribution >= 4 is 18.3 Å². The fraction of sp³-hybridized carbons (Fsp3) is 0.632. The zero-order valence-corrected chi connectivity index (χ0v) is 14.7. The monoisotopic (exact) mass is 336 g/mol. The fourth-order valence-corrected chi connectivity index (χ4v) is 4.02. The molecule has 2 N–H and O–H groups in total. The maximum atomic E-state index is 12.5. The van der Waals surface area contributed by atoms with Crippen LogP contribution >= 0.6 is 12.4 Å². The van der Waals surface area contributed by atoms with E-state index in [4.69, 9.17) is 0 Å². The minimum atomic E-state index is -0.121. The second kappa shape index (κ2) is 8.70. The third-order valence-corrected chi connectivity index (χ3v) is 5.35. The summed E-state index contributed by atoms with van der Waals surface area (Å²) in [5.41, 5.74) is 1.16. The Bertz CT molecular complexity index is 479. The van der Waals surface area contributed by atoms with Crippen LogP contribution in [0.4, 0.5) is 0 Å². The lowest BCUT2D eigenvalue weighted by molar-refractivity contribution is -0.123. The molecule has 23 heavy (non-hydrogen) atoms. The lowest BCUT2D eigenvalue weighted by atomic mass is 9.76. The molecule has 2 aliphatic rings. The van der Waals surface area contributed by atoms with E-state index in [0.717, 1.165) is 32.4 Å². The largest absolute Gasteiger partial charge is 0.347 e. The zero-order chi connectivity index (χ0) is 15.3. The second-order valence-corrected chi connectivity index (χ2v) is 6.95. The Morgan fingerprint density at radius 2 is 1.91 bits per heavy atom.